The highest BCUT2D eigenvalue weighted by Gasteiger charge is 2.22. The number of aliphatic hydroxyl groups is 1. The van der Waals surface area contributed by atoms with Gasteiger partial charge in [-0.15, -0.1) is 0 Å². The van der Waals surface area contributed by atoms with Gasteiger partial charge in [-0.25, -0.2) is 0 Å². The molecule has 0 aromatic rings. The van der Waals surface area contributed by atoms with Gasteiger partial charge in [0.05, 0.1) is 18.6 Å². The number of nitrogens with two attached hydrogens (primary N) is 1. The average Bonchev–Trinajstić information content (AvgIpc) is 2.26. The van der Waals surface area contributed by atoms with Crippen molar-refractivity contribution in [1.29, 1.82) is 0 Å². The third-order valence-electron chi connectivity index (χ3n) is 2.66. The summed E-state index contributed by atoms with van der Waals surface area (Å²) in [5.41, 5.74) is 5.60. The number of rotatable bonds is 4. The molecule has 1 aliphatic rings. The smallest absolute Gasteiger partial charge is 0.225 e. The quantitative estimate of drug-likeness (QED) is 0.576. The van der Waals surface area contributed by atoms with Crippen LogP contribution in [0.2, 0.25) is 0 Å². The topological polar surface area (TPSA) is 84.6 Å². The molecule has 0 bridgehead atoms. The van der Waals surface area contributed by atoms with Gasteiger partial charge < -0.3 is 20.9 Å². The lowest BCUT2D eigenvalue weighted by Gasteiger charge is -2.22. The van der Waals surface area contributed by atoms with Crippen molar-refractivity contribution in [3.8, 4) is 0 Å². The molecule has 1 aliphatic heterocycles. The first-order chi connectivity index (χ1) is 7.11. The highest BCUT2D eigenvalue weighted by Crippen LogP contribution is 2.13. The molecule has 0 aromatic carbocycles. The minimum absolute atomic E-state index is 0.0224. The van der Waals surface area contributed by atoms with Crippen LogP contribution in [0.25, 0.3) is 0 Å². The Morgan fingerprint density at radius 1 is 1.73 bits per heavy atom. The zero-order valence-corrected chi connectivity index (χ0v) is 9.11. The summed E-state index contributed by atoms with van der Waals surface area (Å²) in [6.07, 6.45) is 1.20. The van der Waals surface area contributed by atoms with Gasteiger partial charge >= 0.3 is 0 Å². The molecule has 5 nitrogen and oxygen atoms in total. The van der Waals surface area contributed by atoms with E-state index in [4.69, 9.17) is 15.6 Å². The zero-order chi connectivity index (χ0) is 11.3. The molecule has 1 fully saturated rings. The Morgan fingerprint density at radius 2 is 2.47 bits per heavy atom. The van der Waals surface area contributed by atoms with E-state index in [1.807, 2.05) is 0 Å². The van der Waals surface area contributed by atoms with Gasteiger partial charge in [0.1, 0.15) is 0 Å². The molecule has 0 saturated carbocycles. The number of amides is 1. The van der Waals surface area contributed by atoms with Crippen LogP contribution in [-0.4, -0.2) is 42.9 Å². The monoisotopic (exact) mass is 216 g/mol. The molecule has 88 valence electrons. The van der Waals surface area contributed by atoms with E-state index in [-0.39, 0.29) is 11.8 Å². The molecule has 1 saturated heterocycles. The largest absolute Gasteiger partial charge is 0.392 e. The standard InChI is InChI=1S/C10H20N2O3/c1-7(13)9(11)5-12-10(14)8-3-2-4-15-6-8/h7-9,13H,2-6,11H2,1H3,(H,12,14). The lowest BCUT2D eigenvalue weighted by atomic mass is 10.0. The third-order valence-corrected chi connectivity index (χ3v) is 2.66. The molecule has 4 N–H and O–H groups in total. The third kappa shape index (κ3) is 4.15. The van der Waals surface area contributed by atoms with Crippen LogP contribution in [0.5, 0.6) is 0 Å². The summed E-state index contributed by atoms with van der Waals surface area (Å²) in [7, 11) is 0. The van der Waals surface area contributed by atoms with Crippen molar-refractivity contribution in [3.05, 3.63) is 0 Å². The fourth-order valence-corrected chi connectivity index (χ4v) is 1.48. The summed E-state index contributed by atoms with van der Waals surface area (Å²) < 4.78 is 5.22. The van der Waals surface area contributed by atoms with Gasteiger partial charge in [0.2, 0.25) is 5.91 Å². The van der Waals surface area contributed by atoms with Crippen molar-refractivity contribution in [2.75, 3.05) is 19.8 Å². The SMILES string of the molecule is CC(O)C(N)CNC(=O)C1CCCOC1. The first kappa shape index (κ1) is 12.4. The number of nitrogens with one attached hydrogen (secondary N) is 1. The second-order valence-electron chi connectivity index (χ2n) is 4.06. The van der Waals surface area contributed by atoms with E-state index in [2.05, 4.69) is 5.32 Å². The number of ether oxygens (including phenoxy) is 1. The van der Waals surface area contributed by atoms with Crippen LogP contribution >= 0.6 is 0 Å². The molecule has 0 aromatic heterocycles. The van der Waals surface area contributed by atoms with Crippen molar-refractivity contribution < 1.29 is 14.6 Å². The molecule has 0 spiro atoms. The number of aliphatic hydroxyl groups excluding tert-OH is 1. The summed E-state index contributed by atoms with van der Waals surface area (Å²) in [5, 5.41) is 11.9. The minimum Gasteiger partial charge on any atom is -0.392 e. The minimum atomic E-state index is -0.604. The summed E-state index contributed by atoms with van der Waals surface area (Å²) >= 11 is 0. The fourth-order valence-electron chi connectivity index (χ4n) is 1.48. The Hall–Kier alpha value is -0.650. The van der Waals surface area contributed by atoms with Crippen molar-refractivity contribution >= 4 is 5.91 Å². The van der Waals surface area contributed by atoms with Crippen LogP contribution < -0.4 is 11.1 Å². The first-order valence-corrected chi connectivity index (χ1v) is 5.40. The maximum absolute atomic E-state index is 11.6. The molecule has 0 aliphatic carbocycles. The van der Waals surface area contributed by atoms with Crippen LogP contribution in [0.15, 0.2) is 0 Å². The Balaban J connectivity index is 2.22. The Morgan fingerprint density at radius 3 is 3.00 bits per heavy atom. The molecule has 5 heteroatoms. The van der Waals surface area contributed by atoms with Crippen LogP contribution in [-0.2, 0) is 9.53 Å². The lowest BCUT2D eigenvalue weighted by Crippen LogP contribution is -2.46. The van der Waals surface area contributed by atoms with Crippen molar-refractivity contribution in [1.82, 2.24) is 5.32 Å². The molecule has 0 radical (unpaired) electrons. The molecular formula is C10H20N2O3. The molecule has 1 amide bonds. The molecular weight excluding hydrogens is 196 g/mol. The van der Waals surface area contributed by atoms with E-state index in [0.717, 1.165) is 19.4 Å². The fraction of sp³-hybridized carbons (Fsp3) is 0.900. The lowest BCUT2D eigenvalue weighted by molar-refractivity contribution is -0.129. The second-order valence-corrected chi connectivity index (χ2v) is 4.06. The van der Waals surface area contributed by atoms with Gasteiger partial charge in [0.15, 0.2) is 0 Å². The van der Waals surface area contributed by atoms with Crippen LogP contribution in [0, 0.1) is 5.92 Å². The number of carbonyl (C=O) groups excluding carboxylic acids is 1. The molecule has 1 rings (SSSR count). The predicted molar refractivity (Wildman–Crippen MR) is 56.2 cm³/mol. The number of carbonyl (C=O) groups is 1. The van der Waals surface area contributed by atoms with Gasteiger partial charge in [0, 0.05) is 19.2 Å². The van der Waals surface area contributed by atoms with Crippen molar-refractivity contribution in [2.45, 2.75) is 31.9 Å². The van der Waals surface area contributed by atoms with Gasteiger partial charge in [-0.05, 0) is 19.8 Å². The van der Waals surface area contributed by atoms with Crippen LogP contribution in [0.3, 0.4) is 0 Å². The highest BCUT2D eigenvalue weighted by molar-refractivity contribution is 5.78. The average molecular weight is 216 g/mol. The van der Waals surface area contributed by atoms with Gasteiger partial charge in [-0.2, -0.15) is 0 Å². The summed E-state index contributed by atoms with van der Waals surface area (Å²) in [4.78, 5) is 11.6. The van der Waals surface area contributed by atoms with Crippen molar-refractivity contribution in [2.24, 2.45) is 11.7 Å². The number of hydrogen-bond donors (Lipinski definition) is 3. The summed E-state index contributed by atoms with van der Waals surface area (Å²) in [6, 6.07) is -0.404. The highest BCUT2D eigenvalue weighted by atomic mass is 16.5. The maximum Gasteiger partial charge on any atom is 0.225 e. The van der Waals surface area contributed by atoms with E-state index in [1.165, 1.54) is 0 Å². The predicted octanol–water partition coefficient (Wildman–Crippen LogP) is -0.763. The van der Waals surface area contributed by atoms with E-state index in [1.54, 1.807) is 6.92 Å². The van der Waals surface area contributed by atoms with Gasteiger partial charge in [-0.1, -0.05) is 0 Å². The van der Waals surface area contributed by atoms with E-state index in [0.29, 0.717) is 13.2 Å². The second kappa shape index (κ2) is 6.05. The molecule has 3 unspecified atom stereocenters. The molecule has 3 atom stereocenters. The van der Waals surface area contributed by atoms with Crippen molar-refractivity contribution in [3.63, 3.8) is 0 Å². The molecule has 1 heterocycles. The van der Waals surface area contributed by atoms with Crippen LogP contribution in [0.1, 0.15) is 19.8 Å². The summed E-state index contributed by atoms with van der Waals surface area (Å²) in [5.74, 6) is -0.0780. The van der Waals surface area contributed by atoms with E-state index >= 15 is 0 Å². The first-order valence-electron chi connectivity index (χ1n) is 5.40. The molecule has 15 heavy (non-hydrogen) atoms. The Labute approximate surface area is 90.0 Å². The van der Waals surface area contributed by atoms with Gasteiger partial charge in [0.25, 0.3) is 0 Å². The number of hydrogen-bond acceptors (Lipinski definition) is 4. The van der Waals surface area contributed by atoms with Crippen LogP contribution in [0.4, 0.5) is 0 Å². The maximum atomic E-state index is 11.6. The van der Waals surface area contributed by atoms with E-state index in [9.17, 15) is 4.79 Å². The van der Waals surface area contributed by atoms with Gasteiger partial charge in [-0.3, -0.25) is 4.79 Å². The normalized spacial score (nSPS) is 25.7. The zero-order valence-electron chi connectivity index (χ0n) is 9.11. The van der Waals surface area contributed by atoms with E-state index < -0.39 is 12.1 Å². The Bertz CT molecular complexity index is 203. The summed E-state index contributed by atoms with van der Waals surface area (Å²) in [6.45, 7) is 3.17. The Kier molecular flexibility index (Phi) is 5.01.